The van der Waals surface area contributed by atoms with Crippen molar-refractivity contribution in [2.75, 3.05) is 32.8 Å². The SMILES string of the molecule is Cc1cccc(C(=O)N2[C@H](C(=O)NC[C@@H]3CCCO3)COC23CCN(C(=O)CC(C)(C)C)CC3)c1. The van der Waals surface area contributed by atoms with Gasteiger partial charge in [0.1, 0.15) is 11.8 Å². The normalized spacial score (nSPS) is 24.1. The number of aryl methyl sites for hydroxylation is 1. The number of hydrogen-bond acceptors (Lipinski definition) is 5. The number of nitrogens with zero attached hydrogens (tertiary/aromatic N) is 2. The minimum atomic E-state index is -0.898. The van der Waals surface area contributed by atoms with E-state index in [4.69, 9.17) is 9.47 Å². The molecule has 192 valence electrons. The largest absolute Gasteiger partial charge is 0.376 e. The highest BCUT2D eigenvalue weighted by Gasteiger charge is 2.54. The number of hydrogen-bond donors (Lipinski definition) is 1. The monoisotopic (exact) mass is 485 g/mol. The Morgan fingerprint density at radius 2 is 1.91 bits per heavy atom. The summed E-state index contributed by atoms with van der Waals surface area (Å²) in [6.07, 6.45) is 3.38. The molecule has 0 radical (unpaired) electrons. The maximum atomic E-state index is 13.8. The van der Waals surface area contributed by atoms with Crippen molar-refractivity contribution in [2.24, 2.45) is 5.41 Å². The van der Waals surface area contributed by atoms with E-state index in [1.165, 1.54) is 0 Å². The maximum absolute atomic E-state index is 13.8. The molecule has 3 aliphatic heterocycles. The molecule has 1 aromatic rings. The Morgan fingerprint density at radius 3 is 2.54 bits per heavy atom. The summed E-state index contributed by atoms with van der Waals surface area (Å²) in [6.45, 7) is 10.4. The number of nitrogens with one attached hydrogen (secondary N) is 1. The van der Waals surface area contributed by atoms with Crippen LogP contribution in [0.5, 0.6) is 0 Å². The molecular weight excluding hydrogens is 446 g/mol. The van der Waals surface area contributed by atoms with Crippen LogP contribution in [-0.2, 0) is 19.1 Å². The van der Waals surface area contributed by atoms with E-state index in [1.54, 1.807) is 11.0 Å². The molecule has 0 bridgehead atoms. The minimum Gasteiger partial charge on any atom is -0.376 e. The Labute approximate surface area is 208 Å². The van der Waals surface area contributed by atoms with Gasteiger partial charge in [-0.1, -0.05) is 38.5 Å². The van der Waals surface area contributed by atoms with E-state index in [0.717, 1.165) is 25.0 Å². The summed E-state index contributed by atoms with van der Waals surface area (Å²) in [5, 5.41) is 2.99. The molecule has 2 atom stereocenters. The molecule has 3 aliphatic rings. The molecule has 0 aromatic heterocycles. The van der Waals surface area contributed by atoms with Crippen LogP contribution < -0.4 is 5.32 Å². The predicted octanol–water partition coefficient (Wildman–Crippen LogP) is 2.89. The van der Waals surface area contributed by atoms with Crippen molar-refractivity contribution in [1.82, 2.24) is 15.1 Å². The molecule has 0 aliphatic carbocycles. The van der Waals surface area contributed by atoms with Crippen molar-refractivity contribution >= 4 is 17.7 Å². The summed E-state index contributed by atoms with van der Waals surface area (Å²) in [4.78, 5) is 43.4. The molecule has 3 saturated heterocycles. The lowest BCUT2D eigenvalue weighted by molar-refractivity contribution is -0.145. The molecule has 1 spiro atoms. The molecule has 0 saturated carbocycles. The topological polar surface area (TPSA) is 88.2 Å². The number of likely N-dealkylation sites (tertiary alicyclic amines) is 1. The fourth-order valence-corrected chi connectivity index (χ4v) is 5.29. The van der Waals surface area contributed by atoms with E-state index >= 15 is 0 Å². The second-order valence-electron chi connectivity index (χ2n) is 11.3. The highest BCUT2D eigenvalue weighted by Crippen LogP contribution is 2.39. The first kappa shape index (κ1) is 25.6. The van der Waals surface area contributed by atoms with Crippen LogP contribution in [0.25, 0.3) is 0 Å². The molecule has 1 N–H and O–H groups in total. The smallest absolute Gasteiger partial charge is 0.256 e. The molecule has 3 fully saturated rings. The van der Waals surface area contributed by atoms with Crippen molar-refractivity contribution in [3.63, 3.8) is 0 Å². The third-order valence-electron chi connectivity index (χ3n) is 7.15. The Bertz CT molecular complexity index is 942. The van der Waals surface area contributed by atoms with E-state index in [2.05, 4.69) is 26.1 Å². The molecule has 8 nitrogen and oxygen atoms in total. The zero-order chi connectivity index (χ0) is 25.2. The Hall–Kier alpha value is -2.45. The van der Waals surface area contributed by atoms with Crippen molar-refractivity contribution < 1.29 is 23.9 Å². The van der Waals surface area contributed by atoms with E-state index < -0.39 is 11.8 Å². The summed E-state index contributed by atoms with van der Waals surface area (Å²) in [7, 11) is 0. The van der Waals surface area contributed by atoms with E-state index in [1.807, 2.05) is 30.0 Å². The van der Waals surface area contributed by atoms with Crippen LogP contribution in [0.3, 0.4) is 0 Å². The number of carbonyl (C=O) groups is 3. The summed E-state index contributed by atoms with van der Waals surface area (Å²) >= 11 is 0. The zero-order valence-electron chi connectivity index (χ0n) is 21.5. The average Bonchev–Trinajstić information content (AvgIpc) is 3.45. The number of amides is 3. The third kappa shape index (κ3) is 5.86. The van der Waals surface area contributed by atoms with Crippen LogP contribution in [0, 0.1) is 12.3 Å². The van der Waals surface area contributed by atoms with Gasteiger partial charge in [-0.3, -0.25) is 19.3 Å². The molecule has 1 aromatic carbocycles. The summed E-state index contributed by atoms with van der Waals surface area (Å²) in [5.74, 6) is -0.310. The van der Waals surface area contributed by atoms with Crippen LogP contribution in [-0.4, -0.2) is 78.2 Å². The van der Waals surface area contributed by atoms with Gasteiger partial charge in [0.15, 0.2) is 0 Å². The lowest BCUT2D eigenvalue weighted by atomic mass is 9.90. The highest BCUT2D eigenvalue weighted by atomic mass is 16.5. The van der Waals surface area contributed by atoms with Gasteiger partial charge in [0.2, 0.25) is 11.8 Å². The van der Waals surface area contributed by atoms with Gasteiger partial charge in [-0.25, -0.2) is 0 Å². The van der Waals surface area contributed by atoms with Gasteiger partial charge in [0.25, 0.3) is 5.91 Å². The molecule has 0 unspecified atom stereocenters. The predicted molar refractivity (Wildman–Crippen MR) is 132 cm³/mol. The van der Waals surface area contributed by atoms with Crippen LogP contribution in [0.2, 0.25) is 0 Å². The van der Waals surface area contributed by atoms with Crippen molar-refractivity contribution in [3.05, 3.63) is 35.4 Å². The maximum Gasteiger partial charge on any atom is 0.256 e. The molecule has 3 amide bonds. The van der Waals surface area contributed by atoms with Gasteiger partial charge < -0.3 is 19.7 Å². The average molecular weight is 486 g/mol. The number of carbonyl (C=O) groups excluding carboxylic acids is 3. The fraction of sp³-hybridized carbons (Fsp3) is 0.667. The molecule has 4 rings (SSSR count). The number of piperidine rings is 1. The fourth-order valence-electron chi connectivity index (χ4n) is 5.29. The molecule has 35 heavy (non-hydrogen) atoms. The van der Waals surface area contributed by atoms with Gasteiger partial charge in [-0.2, -0.15) is 0 Å². The third-order valence-corrected chi connectivity index (χ3v) is 7.15. The second kappa shape index (κ2) is 10.3. The first-order valence-corrected chi connectivity index (χ1v) is 12.8. The van der Waals surface area contributed by atoms with Crippen LogP contribution in [0.15, 0.2) is 24.3 Å². The quantitative estimate of drug-likeness (QED) is 0.693. The Morgan fingerprint density at radius 1 is 1.17 bits per heavy atom. The number of rotatable bonds is 5. The van der Waals surface area contributed by atoms with Crippen molar-refractivity contribution in [2.45, 2.75) is 77.7 Å². The standard InChI is InChI=1S/C27H39N3O5/c1-19-7-5-8-20(15-19)25(33)30-22(24(32)28-17-21-9-6-14-34-21)18-35-27(30)10-12-29(13-11-27)23(31)16-26(2,3)4/h5,7-8,15,21-22H,6,9-14,16-18H2,1-4H3,(H,28,32)/t21-,22-/m0/s1. The summed E-state index contributed by atoms with van der Waals surface area (Å²) in [6, 6.07) is 6.70. The van der Waals surface area contributed by atoms with Gasteiger partial charge in [-0.15, -0.1) is 0 Å². The van der Waals surface area contributed by atoms with E-state index in [9.17, 15) is 14.4 Å². The lowest BCUT2D eigenvalue weighted by Gasteiger charge is -2.45. The van der Waals surface area contributed by atoms with Gasteiger partial charge in [-0.05, 0) is 37.3 Å². The van der Waals surface area contributed by atoms with Crippen LogP contribution in [0.1, 0.15) is 68.8 Å². The first-order chi connectivity index (χ1) is 16.6. The number of benzene rings is 1. The minimum absolute atomic E-state index is 0.0215. The first-order valence-electron chi connectivity index (χ1n) is 12.8. The number of ether oxygens (including phenoxy) is 2. The summed E-state index contributed by atoms with van der Waals surface area (Å²) in [5.41, 5.74) is 0.533. The Kier molecular flexibility index (Phi) is 7.52. The van der Waals surface area contributed by atoms with Crippen molar-refractivity contribution in [3.8, 4) is 0 Å². The van der Waals surface area contributed by atoms with Gasteiger partial charge in [0, 0.05) is 51.1 Å². The van der Waals surface area contributed by atoms with E-state index in [-0.39, 0.29) is 35.8 Å². The van der Waals surface area contributed by atoms with Crippen molar-refractivity contribution in [1.29, 1.82) is 0 Å². The van der Waals surface area contributed by atoms with E-state index in [0.29, 0.717) is 44.5 Å². The van der Waals surface area contributed by atoms with Gasteiger partial charge >= 0.3 is 0 Å². The van der Waals surface area contributed by atoms with Gasteiger partial charge in [0.05, 0.1) is 12.7 Å². The van der Waals surface area contributed by atoms with Crippen LogP contribution in [0.4, 0.5) is 0 Å². The highest BCUT2D eigenvalue weighted by molar-refractivity contribution is 5.98. The molecule has 3 heterocycles. The molecule has 8 heteroatoms. The lowest BCUT2D eigenvalue weighted by Crippen LogP contribution is -2.60. The Balaban J connectivity index is 1.52. The second-order valence-corrected chi connectivity index (χ2v) is 11.3. The van der Waals surface area contributed by atoms with Crippen LogP contribution >= 0.6 is 0 Å². The summed E-state index contributed by atoms with van der Waals surface area (Å²) < 4.78 is 11.9. The zero-order valence-corrected chi connectivity index (χ0v) is 21.5. The molecular formula is C27H39N3O5.